The van der Waals surface area contributed by atoms with Gasteiger partial charge in [-0.25, -0.2) is 4.39 Å². The van der Waals surface area contributed by atoms with E-state index in [2.05, 4.69) is 5.32 Å². The molecule has 0 unspecified atom stereocenters. The molecule has 1 saturated carbocycles. The number of nitrogens with one attached hydrogen (secondary N) is 1. The summed E-state index contributed by atoms with van der Waals surface area (Å²) >= 11 is 0. The van der Waals surface area contributed by atoms with Gasteiger partial charge in [0.1, 0.15) is 11.6 Å². The molecule has 1 aliphatic rings. The van der Waals surface area contributed by atoms with Crippen molar-refractivity contribution in [1.82, 2.24) is 5.32 Å². The minimum absolute atomic E-state index is 0.0726. The molecule has 1 aromatic rings. The first kappa shape index (κ1) is 10.4. The molecular formula is C12H16FNO. The van der Waals surface area contributed by atoms with Crippen LogP contribution >= 0.6 is 0 Å². The minimum Gasteiger partial charge on any atom is -0.497 e. The van der Waals surface area contributed by atoms with E-state index in [9.17, 15) is 4.39 Å². The predicted octanol–water partition coefficient (Wildman–Crippen LogP) is 2.65. The maximum Gasteiger partial charge on any atom is 0.131 e. The molecule has 0 aromatic heterocycles. The quantitative estimate of drug-likeness (QED) is 0.823. The van der Waals surface area contributed by atoms with Gasteiger partial charge in [-0.2, -0.15) is 0 Å². The van der Waals surface area contributed by atoms with Crippen LogP contribution in [-0.4, -0.2) is 13.2 Å². The van der Waals surface area contributed by atoms with E-state index in [-0.39, 0.29) is 11.9 Å². The van der Waals surface area contributed by atoms with E-state index in [4.69, 9.17) is 4.74 Å². The predicted molar refractivity (Wildman–Crippen MR) is 57.5 cm³/mol. The molecule has 15 heavy (non-hydrogen) atoms. The van der Waals surface area contributed by atoms with Crippen molar-refractivity contribution in [2.24, 2.45) is 0 Å². The van der Waals surface area contributed by atoms with Crippen LogP contribution in [0.5, 0.6) is 5.75 Å². The van der Waals surface area contributed by atoms with Gasteiger partial charge in [0, 0.05) is 23.7 Å². The van der Waals surface area contributed by atoms with Crippen LogP contribution in [0.1, 0.15) is 31.4 Å². The van der Waals surface area contributed by atoms with Crippen LogP contribution in [0, 0.1) is 5.82 Å². The number of hydrogen-bond donors (Lipinski definition) is 1. The van der Waals surface area contributed by atoms with Crippen LogP contribution in [0.25, 0.3) is 0 Å². The SMILES string of the molecule is COc1ccc([C@H](C)NC2CC2)c(F)c1. The van der Waals surface area contributed by atoms with E-state index in [0.717, 1.165) is 0 Å². The summed E-state index contributed by atoms with van der Waals surface area (Å²) in [5.74, 6) is 0.366. The van der Waals surface area contributed by atoms with Crippen molar-refractivity contribution in [2.45, 2.75) is 31.8 Å². The highest BCUT2D eigenvalue weighted by Crippen LogP contribution is 2.26. The number of methoxy groups -OCH3 is 1. The maximum atomic E-state index is 13.6. The zero-order chi connectivity index (χ0) is 10.8. The van der Waals surface area contributed by atoms with Gasteiger partial charge in [-0.3, -0.25) is 0 Å². The van der Waals surface area contributed by atoms with Crippen LogP contribution < -0.4 is 10.1 Å². The lowest BCUT2D eigenvalue weighted by Gasteiger charge is -2.14. The van der Waals surface area contributed by atoms with Gasteiger partial charge in [0.25, 0.3) is 0 Å². The molecule has 0 heterocycles. The second-order valence-corrected chi connectivity index (χ2v) is 4.05. The summed E-state index contributed by atoms with van der Waals surface area (Å²) in [5, 5.41) is 3.37. The minimum atomic E-state index is -0.199. The molecule has 2 rings (SSSR count). The Hall–Kier alpha value is -1.09. The average molecular weight is 209 g/mol. The highest BCUT2D eigenvalue weighted by molar-refractivity contribution is 5.30. The van der Waals surface area contributed by atoms with Gasteiger partial charge in [0.2, 0.25) is 0 Å². The first-order valence-corrected chi connectivity index (χ1v) is 5.30. The molecule has 3 heteroatoms. The third kappa shape index (κ3) is 2.48. The molecule has 0 amide bonds. The molecule has 2 nitrogen and oxygen atoms in total. The lowest BCUT2D eigenvalue weighted by Crippen LogP contribution is -2.21. The molecule has 1 fully saturated rings. The van der Waals surface area contributed by atoms with Gasteiger partial charge in [0.15, 0.2) is 0 Å². The highest BCUT2D eigenvalue weighted by atomic mass is 19.1. The molecule has 0 radical (unpaired) electrons. The summed E-state index contributed by atoms with van der Waals surface area (Å²) in [6.07, 6.45) is 2.42. The topological polar surface area (TPSA) is 21.3 Å². The van der Waals surface area contributed by atoms with Crippen LogP contribution in [0.3, 0.4) is 0 Å². The fourth-order valence-electron chi connectivity index (χ4n) is 1.68. The first-order valence-electron chi connectivity index (χ1n) is 5.30. The maximum absolute atomic E-state index is 13.6. The Morgan fingerprint density at radius 3 is 2.73 bits per heavy atom. The molecule has 0 aliphatic heterocycles. The first-order chi connectivity index (χ1) is 7.20. The Bertz CT molecular complexity index is 349. The van der Waals surface area contributed by atoms with Gasteiger partial charge >= 0.3 is 0 Å². The average Bonchev–Trinajstić information content (AvgIpc) is 3.01. The molecule has 1 N–H and O–H groups in total. The molecule has 1 aromatic carbocycles. The van der Waals surface area contributed by atoms with Crippen LogP contribution in [0.2, 0.25) is 0 Å². The van der Waals surface area contributed by atoms with Gasteiger partial charge < -0.3 is 10.1 Å². The van der Waals surface area contributed by atoms with Crippen molar-refractivity contribution in [2.75, 3.05) is 7.11 Å². The summed E-state index contributed by atoms with van der Waals surface area (Å²) < 4.78 is 18.6. The van der Waals surface area contributed by atoms with Crippen molar-refractivity contribution < 1.29 is 9.13 Å². The van der Waals surface area contributed by atoms with E-state index in [1.165, 1.54) is 18.9 Å². The van der Waals surface area contributed by atoms with Crippen molar-refractivity contribution in [3.05, 3.63) is 29.6 Å². The molecular weight excluding hydrogens is 193 g/mol. The molecule has 0 bridgehead atoms. The standard InChI is InChI=1S/C12H16FNO/c1-8(14-9-3-4-9)11-6-5-10(15-2)7-12(11)13/h5-9,14H,3-4H2,1-2H3/t8-/m0/s1. The van der Waals surface area contributed by atoms with Crippen molar-refractivity contribution in [3.63, 3.8) is 0 Å². The van der Waals surface area contributed by atoms with Crippen LogP contribution in [0.15, 0.2) is 18.2 Å². The van der Waals surface area contributed by atoms with Crippen molar-refractivity contribution in [3.8, 4) is 5.75 Å². The second-order valence-electron chi connectivity index (χ2n) is 4.05. The van der Waals surface area contributed by atoms with E-state index in [1.807, 2.05) is 6.92 Å². The van der Waals surface area contributed by atoms with Crippen LogP contribution in [0.4, 0.5) is 4.39 Å². The number of ether oxygens (including phenoxy) is 1. The summed E-state index contributed by atoms with van der Waals surface area (Å²) in [4.78, 5) is 0. The highest BCUT2D eigenvalue weighted by Gasteiger charge is 2.24. The molecule has 1 atom stereocenters. The monoisotopic (exact) mass is 209 g/mol. The number of halogens is 1. The second kappa shape index (κ2) is 4.19. The zero-order valence-corrected chi connectivity index (χ0v) is 9.09. The zero-order valence-electron chi connectivity index (χ0n) is 9.09. The third-order valence-corrected chi connectivity index (χ3v) is 2.74. The number of rotatable bonds is 4. The van der Waals surface area contributed by atoms with E-state index < -0.39 is 0 Å². The molecule has 1 aliphatic carbocycles. The fraction of sp³-hybridized carbons (Fsp3) is 0.500. The lowest BCUT2D eigenvalue weighted by atomic mass is 10.1. The van der Waals surface area contributed by atoms with Crippen LogP contribution in [-0.2, 0) is 0 Å². The number of hydrogen-bond acceptors (Lipinski definition) is 2. The smallest absolute Gasteiger partial charge is 0.131 e. The normalized spacial score (nSPS) is 17.5. The molecule has 82 valence electrons. The Balaban J connectivity index is 2.11. The largest absolute Gasteiger partial charge is 0.497 e. The van der Waals surface area contributed by atoms with E-state index in [0.29, 0.717) is 17.4 Å². The van der Waals surface area contributed by atoms with Gasteiger partial charge in [-0.15, -0.1) is 0 Å². The summed E-state index contributed by atoms with van der Waals surface area (Å²) in [6, 6.07) is 5.67. The fourth-order valence-corrected chi connectivity index (χ4v) is 1.68. The van der Waals surface area contributed by atoms with E-state index in [1.54, 1.807) is 19.2 Å². The summed E-state index contributed by atoms with van der Waals surface area (Å²) in [7, 11) is 1.54. The van der Waals surface area contributed by atoms with Crippen molar-refractivity contribution in [1.29, 1.82) is 0 Å². The summed E-state index contributed by atoms with van der Waals surface area (Å²) in [5.41, 5.74) is 0.711. The van der Waals surface area contributed by atoms with Crippen molar-refractivity contribution >= 4 is 0 Å². The Labute approximate surface area is 89.4 Å². The molecule has 0 saturated heterocycles. The van der Waals surface area contributed by atoms with Gasteiger partial charge in [-0.05, 0) is 25.8 Å². The number of benzene rings is 1. The third-order valence-electron chi connectivity index (χ3n) is 2.74. The van der Waals surface area contributed by atoms with E-state index >= 15 is 0 Å². The van der Waals surface area contributed by atoms with Gasteiger partial charge in [0.05, 0.1) is 7.11 Å². The Kier molecular flexibility index (Phi) is 2.91. The summed E-state index contributed by atoms with van der Waals surface area (Å²) in [6.45, 7) is 1.99. The Morgan fingerprint density at radius 1 is 1.47 bits per heavy atom. The van der Waals surface area contributed by atoms with Gasteiger partial charge in [-0.1, -0.05) is 6.07 Å². The lowest BCUT2D eigenvalue weighted by molar-refractivity contribution is 0.409. The Morgan fingerprint density at radius 2 is 2.20 bits per heavy atom. The molecule has 0 spiro atoms.